The maximum atomic E-state index is 11.8. The highest BCUT2D eigenvalue weighted by Gasteiger charge is 2.12. The molecule has 1 heterocycles. The Morgan fingerprint density at radius 1 is 1.21 bits per heavy atom. The zero-order valence-electron chi connectivity index (χ0n) is 10.00. The Labute approximate surface area is 107 Å². The summed E-state index contributed by atoms with van der Waals surface area (Å²) in [6.45, 7) is 0.154. The zero-order valence-corrected chi connectivity index (χ0v) is 10.00. The second-order valence-electron chi connectivity index (χ2n) is 3.98. The van der Waals surface area contributed by atoms with Crippen LogP contribution in [0.1, 0.15) is 5.56 Å². The molecule has 0 atom stereocenters. The number of nitrogen functional groups attached to an aromatic ring is 1. The van der Waals surface area contributed by atoms with Crippen LogP contribution in [0, 0.1) is 4.91 Å². The van der Waals surface area contributed by atoms with Crippen molar-refractivity contribution in [3.63, 3.8) is 0 Å². The summed E-state index contributed by atoms with van der Waals surface area (Å²) in [5.41, 5.74) is 4.44. The van der Waals surface area contributed by atoms with Gasteiger partial charge in [-0.2, -0.15) is 0 Å². The largest absolute Gasteiger partial charge is 0.383 e. The number of rotatable bonds is 4. The van der Waals surface area contributed by atoms with Gasteiger partial charge in [-0.1, -0.05) is 30.3 Å². The number of nitroso groups, excluding NO2 is 1. The van der Waals surface area contributed by atoms with Gasteiger partial charge < -0.3 is 5.73 Å². The standard InChI is InChI=1S/C12H12N4O3/c13-10-9(15-19)11(17)16(12(18)14-10)7-6-8-4-2-1-3-5-8/h1-5H,6-7,13H2,(H,14,18). The van der Waals surface area contributed by atoms with E-state index in [2.05, 4.69) is 10.2 Å². The van der Waals surface area contributed by atoms with Crippen molar-refractivity contribution < 1.29 is 0 Å². The van der Waals surface area contributed by atoms with Crippen LogP contribution in [0.2, 0.25) is 0 Å². The molecule has 3 N–H and O–H groups in total. The van der Waals surface area contributed by atoms with E-state index in [0.29, 0.717) is 6.42 Å². The summed E-state index contributed by atoms with van der Waals surface area (Å²) in [6, 6.07) is 9.37. The Balaban J connectivity index is 2.34. The number of hydrogen-bond acceptors (Lipinski definition) is 5. The highest BCUT2D eigenvalue weighted by molar-refractivity contribution is 5.54. The second-order valence-corrected chi connectivity index (χ2v) is 3.98. The fraction of sp³-hybridized carbons (Fsp3) is 0.167. The van der Waals surface area contributed by atoms with Crippen LogP contribution in [0.5, 0.6) is 0 Å². The maximum absolute atomic E-state index is 11.8. The Kier molecular flexibility index (Phi) is 3.56. The Morgan fingerprint density at radius 3 is 2.53 bits per heavy atom. The van der Waals surface area contributed by atoms with Gasteiger partial charge in [0.25, 0.3) is 5.56 Å². The predicted molar refractivity (Wildman–Crippen MR) is 71.3 cm³/mol. The number of aromatic amines is 1. The van der Waals surface area contributed by atoms with Gasteiger partial charge in [0.05, 0.1) is 0 Å². The van der Waals surface area contributed by atoms with Crippen LogP contribution in [0.25, 0.3) is 0 Å². The van der Waals surface area contributed by atoms with Crippen molar-refractivity contribution in [2.75, 3.05) is 5.73 Å². The van der Waals surface area contributed by atoms with E-state index in [9.17, 15) is 14.5 Å². The lowest BCUT2D eigenvalue weighted by Crippen LogP contribution is -2.36. The molecule has 0 amide bonds. The van der Waals surface area contributed by atoms with Gasteiger partial charge in [0.1, 0.15) is 5.82 Å². The van der Waals surface area contributed by atoms with E-state index in [1.807, 2.05) is 30.3 Å². The minimum absolute atomic E-state index is 0.154. The molecular weight excluding hydrogens is 248 g/mol. The molecule has 19 heavy (non-hydrogen) atoms. The van der Waals surface area contributed by atoms with Crippen LogP contribution in [-0.4, -0.2) is 9.55 Å². The fourth-order valence-electron chi connectivity index (χ4n) is 1.75. The van der Waals surface area contributed by atoms with E-state index < -0.39 is 16.9 Å². The number of anilines is 1. The Morgan fingerprint density at radius 2 is 1.89 bits per heavy atom. The average Bonchev–Trinajstić information content (AvgIpc) is 2.39. The highest BCUT2D eigenvalue weighted by atomic mass is 16.3. The molecule has 1 aromatic heterocycles. The SMILES string of the molecule is Nc1[nH]c(=O)n(CCc2ccccc2)c(=O)c1N=O. The van der Waals surface area contributed by atoms with Gasteiger partial charge in [0.2, 0.25) is 5.69 Å². The van der Waals surface area contributed by atoms with Crippen LogP contribution in [0.3, 0.4) is 0 Å². The highest BCUT2D eigenvalue weighted by Crippen LogP contribution is 2.10. The normalized spacial score (nSPS) is 10.3. The first-order valence-corrected chi connectivity index (χ1v) is 5.63. The molecule has 2 rings (SSSR count). The number of nitrogens with zero attached hydrogens (tertiary/aromatic N) is 2. The molecule has 2 aromatic rings. The first-order valence-electron chi connectivity index (χ1n) is 5.63. The Hall–Kier alpha value is -2.70. The van der Waals surface area contributed by atoms with E-state index in [1.54, 1.807) is 0 Å². The minimum atomic E-state index is -0.771. The first-order chi connectivity index (χ1) is 9.13. The molecule has 0 aliphatic heterocycles. The fourth-order valence-corrected chi connectivity index (χ4v) is 1.75. The smallest absolute Gasteiger partial charge is 0.330 e. The van der Waals surface area contributed by atoms with Crippen LogP contribution in [-0.2, 0) is 13.0 Å². The zero-order chi connectivity index (χ0) is 13.8. The predicted octanol–water partition coefficient (Wildman–Crippen LogP) is 0.759. The molecular formula is C12H12N4O3. The Bertz CT molecular complexity index is 703. The van der Waals surface area contributed by atoms with Crippen LogP contribution in [0.15, 0.2) is 45.1 Å². The van der Waals surface area contributed by atoms with Gasteiger partial charge in [-0.25, -0.2) is 4.79 Å². The molecule has 0 bridgehead atoms. The number of nitrogens with two attached hydrogens (primary N) is 1. The molecule has 0 unspecified atom stereocenters. The van der Waals surface area contributed by atoms with Crippen LogP contribution in [0.4, 0.5) is 11.5 Å². The van der Waals surface area contributed by atoms with E-state index in [-0.39, 0.29) is 12.4 Å². The third-order valence-electron chi connectivity index (χ3n) is 2.75. The third-order valence-corrected chi connectivity index (χ3v) is 2.75. The van der Waals surface area contributed by atoms with Gasteiger partial charge in [-0.05, 0) is 17.2 Å². The van der Waals surface area contributed by atoms with Crippen molar-refractivity contribution in [2.24, 2.45) is 5.18 Å². The summed E-state index contributed by atoms with van der Waals surface area (Å²) >= 11 is 0. The molecule has 98 valence electrons. The molecule has 0 saturated carbocycles. The van der Waals surface area contributed by atoms with Crippen LogP contribution < -0.4 is 17.0 Å². The lowest BCUT2D eigenvalue weighted by atomic mass is 10.1. The minimum Gasteiger partial charge on any atom is -0.383 e. The first kappa shape index (κ1) is 12.7. The van der Waals surface area contributed by atoms with Crippen molar-refractivity contribution in [1.29, 1.82) is 0 Å². The van der Waals surface area contributed by atoms with Gasteiger partial charge >= 0.3 is 5.69 Å². The molecule has 0 saturated heterocycles. The average molecular weight is 260 g/mol. The van der Waals surface area contributed by atoms with Crippen LogP contribution >= 0.6 is 0 Å². The summed E-state index contributed by atoms with van der Waals surface area (Å²) in [5, 5.41) is 2.55. The molecule has 1 aromatic carbocycles. The summed E-state index contributed by atoms with van der Waals surface area (Å²) in [4.78, 5) is 36.2. The molecule has 0 aliphatic rings. The quantitative estimate of drug-likeness (QED) is 0.790. The summed E-state index contributed by atoms with van der Waals surface area (Å²) in [5.74, 6) is -0.305. The summed E-state index contributed by atoms with van der Waals surface area (Å²) < 4.78 is 0.917. The maximum Gasteiger partial charge on any atom is 0.330 e. The topological polar surface area (TPSA) is 110 Å². The molecule has 0 spiro atoms. The lowest BCUT2D eigenvalue weighted by molar-refractivity contribution is 0.630. The lowest BCUT2D eigenvalue weighted by Gasteiger charge is -2.06. The van der Waals surface area contributed by atoms with E-state index in [4.69, 9.17) is 5.73 Å². The van der Waals surface area contributed by atoms with E-state index in [0.717, 1.165) is 10.1 Å². The molecule has 0 aliphatic carbocycles. The second kappa shape index (κ2) is 5.30. The monoisotopic (exact) mass is 260 g/mol. The number of aromatic nitrogens is 2. The molecule has 0 fully saturated rings. The van der Waals surface area contributed by atoms with Crippen molar-refractivity contribution in [3.8, 4) is 0 Å². The van der Waals surface area contributed by atoms with Crippen molar-refractivity contribution in [3.05, 3.63) is 61.6 Å². The number of aryl methyl sites for hydroxylation is 1. The molecule has 7 heteroatoms. The van der Waals surface area contributed by atoms with Crippen molar-refractivity contribution >= 4 is 11.5 Å². The number of H-pyrrole nitrogens is 1. The van der Waals surface area contributed by atoms with E-state index >= 15 is 0 Å². The van der Waals surface area contributed by atoms with Gasteiger partial charge in [-0.15, -0.1) is 4.91 Å². The number of benzene rings is 1. The number of nitrogens with one attached hydrogen (secondary N) is 1. The summed E-state index contributed by atoms with van der Waals surface area (Å²) in [6.07, 6.45) is 0.492. The van der Waals surface area contributed by atoms with Crippen molar-refractivity contribution in [2.45, 2.75) is 13.0 Å². The number of hydrogen-bond donors (Lipinski definition) is 2. The third kappa shape index (κ3) is 2.59. The van der Waals surface area contributed by atoms with Gasteiger partial charge in [-0.3, -0.25) is 14.3 Å². The van der Waals surface area contributed by atoms with E-state index in [1.165, 1.54) is 0 Å². The van der Waals surface area contributed by atoms with Gasteiger partial charge in [0, 0.05) is 6.54 Å². The molecule has 7 nitrogen and oxygen atoms in total. The molecule has 0 radical (unpaired) electrons. The van der Waals surface area contributed by atoms with Crippen molar-refractivity contribution in [1.82, 2.24) is 9.55 Å². The summed E-state index contributed by atoms with van der Waals surface area (Å²) in [7, 11) is 0. The van der Waals surface area contributed by atoms with Gasteiger partial charge in [0.15, 0.2) is 0 Å².